The lowest BCUT2D eigenvalue weighted by atomic mass is 9.73. The molecule has 2 heterocycles. The Morgan fingerprint density at radius 1 is 1.21 bits per heavy atom. The third kappa shape index (κ3) is 4.21. The van der Waals surface area contributed by atoms with Gasteiger partial charge < -0.3 is 5.32 Å². The fourth-order valence-corrected chi connectivity index (χ4v) is 5.61. The van der Waals surface area contributed by atoms with Crippen LogP contribution in [0.1, 0.15) is 43.9 Å². The molecule has 1 aliphatic heterocycles. The minimum absolute atomic E-state index is 0.00205. The van der Waals surface area contributed by atoms with E-state index in [1.807, 2.05) is 24.3 Å². The number of hydrogen-bond donors (Lipinski definition) is 1. The van der Waals surface area contributed by atoms with Crippen molar-refractivity contribution < 1.29 is 9.72 Å². The van der Waals surface area contributed by atoms with Gasteiger partial charge in [0.25, 0.3) is 5.69 Å². The van der Waals surface area contributed by atoms with E-state index in [1.54, 1.807) is 16.8 Å². The molecule has 2 aromatic carbocycles. The van der Waals surface area contributed by atoms with Crippen molar-refractivity contribution in [3.63, 3.8) is 0 Å². The first kappa shape index (κ1) is 22.6. The third-order valence-electron chi connectivity index (χ3n) is 6.05. The van der Waals surface area contributed by atoms with E-state index < -0.39 is 11.0 Å². The summed E-state index contributed by atoms with van der Waals surface area (Å²) in [6.07, 6.45) is 1.13. The molecule has 0 bridgehead atoms. The lowest BCUT2D eigenvalue weighted by molar-refractivity contribution is -0.384. The Morgan fingerprint density at radius 3 is 2.65 bits per heavy atom. The lowest BCUT2D eigenvalue weighted by Gasteiger charge is -2.38. The topological polar surface area (TPSA) is 103 Å². The van der Waals surface area contributed by atoms with E-state index in [-0.39, 0.29) is 16.9 Å². The number of hydrogen-bond acceptors (Lipinski definition) is 7. The number of aromatic nitrogens is 3. The monoisotopic (exact) mass is 495 g/mol. The summed E-state index contributed by atoms with van der Waals surface area (Å²) in [6, 6.07) is 13.4. The predicted octanol–water partition coefficient (Wildman–Crippen LogP) is 5.79. The number of anilines is 1. The van der Waals surface area contributed by atoms with Gasteiger partial charge in [0.05, 0.1) is 4.92 Å². The Bertz CT molecular complexity index is 1330. The first-order valence-corrected chi connectivity index (χ1v) is 12.2. The quantitative estimate of drug-likeness (QED) is 0.271. The van der Waals surface area contributed by atoms with Crippen LogP contribution in [0.15, 0.2) is 65.0 Å². The van der Waals surface area contributed by atoms with E-state index in [9.17, 15) is 14.9 Å². The molecule has 174 valence electrons. The summed E-state index contributed by atoms with van der Waals surface area (Å²) in [5.41, 5.74) is 3.04. The van der Waals surface area contributed by atoms with Crippen molar-refractivity contribution in [2.45, 2.75) is 43.6 Å². The summed E-state index contributed by atoms with van der Waals surface area (Å²) in [6.45, 7) is 4.14. The second kappa shape index (κ2) is 8.56. The van der Waals surface area contributed by atoms with Crippen LogP contribution in [-0.2, 0) is 10.5 Å². The van der Waals surface area contributed by atoms with Crippen molar-refractivity contribution >= 4 is 40.8 Å². The van der Waals surface area contributed by atoms with Gasteiger partial charge in [0, 0.05) is 40.6 Å². The van der Waals surface area contributed by atoms with Crippen LogP contribution in [-0.4, -0.2) is 25.5 Å². The molecule has 0 spiro atoms. The second-order valence-electron chi connectivity index (χ2n) is 9.25. The zero-order valence-electron chi connectivity index (χ0n) is 18.6. The number of carbonyl (C=O) groups is 1. The van der Waals surface area contributed by atoms with E-state index >= 15 is 0 Å². The molecule has 1 atom stereocenters. The molecule has 0 saturated carbocycles. The van der Waals surface area contributed by atoms with Crippen LogP contribution in [0.5, 0.6) is 0 Å². The summed E-state index contributed by atoms with van der Waals surface area (Å²) in [7, 11) is 0. The zero-order chi connectivity index (χ0) is 24.0. The Balaban J connectivity index is 1.54. The molecule has 0 saturated heterocycles. The Morgan fingerprint density at radius 2 is 1.94 bits per heavy atom. The average Bonchev–Trinajstić information content (AvgIpc) is 3.19. The van der Waals surface area contributed by atoms with Gasteiger partial charge in [-0.15, -0.1) is 5.10 Å². The molecule has 8 nitrogen and oxygen atoms in total. The first-order chi connectivity index (χ1) is 16.2. The largest absolute Gasteiger partial charge is 0.328 e. The van der Waals surface area contributed by atoms with Crippen molar-refractivity contribution in [1.29, 1.82) is 0 Å². The fourth-order valence-electron chi connectivity index (χ4n) is 4.49. The molecule has 1 unspecified atom stereocenters. The number of nitrogens with zero attached hydrogens (tertiary/aromatic N) is 4. The predicted molar refractivity (Wildman–Crippen MR) is 131 cm³/mol. The molecule has 5 rings (SSSR count). The summed E-state index contributed by atoms with van der Waals surface area (Å²) in [4.78, 5) is 28.7. The van der Waals surface area contributed by atoms with Crippen molar-refractivity contribution in [2.24, 2.45) is 5.41 Å². The first-order valence-electron chi connectivity index (χ1n) is 10.8. The number of fused-ring (bicyclic) bond motifs is 1. The molecule has 1 aliphatic carbocycles. The highest BCUT2D eigenvalue weighted by Gasteiger charge is 2.42. The van der Waals surface area contributed by atoms with Crippen LogP contribution >= 0.6 is 23.4 Å². The number of nitrogens with one attached hydrogen (secondary N) is 1. The number of nitro groups is 1. The number of non-ortho nitro benzene ring substituents is 1. The van der Waals surface area contributed by atoms with Gasteiger partial charge in [0.15, 0.2) is 5.78 Å². The molecule has 10 heteroatoms. The Kier molecular flexibility index (Phi) is 5.69. The van der Waals surface area contributed by atoms with Crippen LogP contribution in [0.3, 0.4) is 0 Å². The standard InChI is InChI=1S/C24H22ClN5O3S/c1-24(2)11-18-20(19(31)12-24)21(14-7-9-16(10-8-14)30(32)33)29-22(26-18)27-23(28-29)34-13-15-5-3-4-6-17(15)25/h3-10,21H,11-13H2,1-2H3,(H,26,27,28). The SMILES string of the molecule is CC1(C)CC(=O)C2=C(C1)Nc1nc(SCc3ccccc3Cl)nn1C2c1ccc([N+](=O)[O-])cc1. The average molecular weight is 496 g/mol. The maximum atomic E-state index is 13.3. The summed E-state index contributed by atoms with van der Waals surface area (Å²) in [5, 5.41) is 20.4. The molecular weight excluding hydrogens is 474 g/mol. The fraction of sp³-hybridized carbons (Fsp3) is 0.292. The van der Waals surface area contributed by atoms with E-state index in [4.69, 9.17) is 16.7 Å². The number of nitro benzene ring substituents is 1. The third-order valence-corrected chi connectivity index (χ3v) is 7.30. The highest BCUT2D eigenvalue weighted by molar-refractivity contribution is 7.98. The normalized spacial score (nSPS) is 18.8. The number of Topliss-reactive ketones (excluding diaryl/α,β-unsaturated/α-hetero) is 1. The molecule has 2 aliphatic rings. The van der Waals surface area contributed by atoms with Crippen LogP contribution in [0, 0.1) is 15.5 Å². The second-order valence-corrected chi connectivity index (χ2v) is 10.6. The minimum Gasteiger partial charge on any atom is -0.328 e. The Hall–Kier alpha value is -3.17. The van der Waals surface area contributed by atoms with Gasteiger partial charge in [0.1, 0.15) is 6.04 Å². The number of thioether (sulfide) groups is 1. The van der Waals surface area contributed by atoms with E-state index in [0.29, 0.717) is 40.3 Å². The number of ketones is 1. The maximum Gasteiger partial charge on any atom is 0.269 e. The molecule has 0 amide bonds. The number of benzene rings is 2. The van der Waals surface area contributed by atoms with Crippen LogP contribution in [0.2, 0.25) is 5.02 Å². The molecule has 1 N–H and O–H groups in total. The molecule has 0 fully saturated rings. The number of allylic oxidation sites excluding steroid dienone is 2. The highest BCUT2D eigenvalue weighted by Crippen LogP contribution is 2.46. The van der Waals surface area contributed by atoms with Gasteiger partial charge in [-0.25, -0.2) is 4.68 Å². The van der Waals surface area contributed by atoms with Crippen LogP contribution in [0.25, 0.3) is 0 Å². The summed E-state index contributed by atoms with van der Waals surface area (Å²) in [5.74, 6) is 1.20. The smallest absolute Gasteiger partial charge is 0.269 e. The number of rotatable bonds is 5. The van der Waals surface area contributed by atoms with Gasteiger partial charge in [0.2, 0.25) is 11.1 Å². The Labute approximate surface area is 205 Å². The minimum atomic E-state index is -0.502. The summed E-state index contributed by atoms with van der Waals surface area (Å²) >= 11 is 7.75. The maximum absolute atomic E-state index is 13.3. The van der Waals surface area contributed by atoms with E-state index in [0.717, 1.165) is 16.8 Å². The van der Waals surface area contributed by atoms with Gasteiger partial charge in [-0.3, -0.25) is 14.9 Å². The summed E-state index contributed by atoms with van der Waals surface area (Å²) < 4.78 is 1.71. The van der Waals surface area contributed by atoms with Crippen molar-refractivity contribution in [2.75, 3.05) is 5.32 Å². The molecule has 34 heavy (non-hydrogen) atoms. The molecule has 3 aromatic rings. The van der Waals surface area contributed by atoms with Crippen LogP contribution in [0.4, 0.5) is 11.6 Å². The number of halogens is 1. The molecule has 1 aromatic heterocycles. The van der Waals surface area contributed by atoms with Crippen LogP contribution < -0.4 is 5.32 Å². The van der Waals surface area contributed by atoms with Gasteiger partial charge in [-0.05, 0) is 41.2 Å². The van der Waals surface area contributed by atoms with Crippen molar-refractivity contribution in [1.82, 2.24) is 14.8 Å². The van der Waals surface area contributed by atoms with Gasteiger partial charge >= 0.3 is 0 Å². The van der Waals surface area contributed by atoms with Gasteiger partial charge in [-0.1, -0.05) is 55.4 Å². The van der Waals surface area contributed by atoms with Crippen molar-refractivity contribution in [3.8, 4) is 0 Å². The molecular formula is C24H22ClN5O3S. The van der Waals surface area contributed by atoms with Gasteiger partial charge in [-0.2, -0.15) is 4.98 Å². The van der Waals surface area contributed by atoms with E-state index in [1.165, 1.54) is 23.9 Å². The molecule has 0 radical (unpaired) electrons. The van der Waals surface area contributed by atoms with Crippen molar-refractivity contribution in [3.05, 3.63) is 86.1 Å². The van der Waals surface area contributed by atoms with E-state index in [2.05, 4.69) is 24.1 Å². The number of carbonyl (C=O) groups excluding carboxylic acids is 1. The highest BCUT2D eigenvalue weighted by atomic mass is 35.5. The lowest BCUT2D eigenvalue weighted by Crippen LogP contribution is -2.36. The zero-order valence-corrected chi connectivity index (χ0v) is 20.2.